The summed E-state index contributed by atoms with van der Waals surface area (Å²) in [5.41, 5.74) is 2.33. The molecule has 0 amide bonds. The Labute approximate surface area is 115 Å². The number of hydrogen-bond donors (Lipinski definition) is 1. The van der Waals surface area contributed by atoms with E-state index in [1.807, 2.05) is 6.07 Å². The third-order valence-electron chi connectivity index (χ3n) is 3.74. The second kappa shape index (κ2) is 5.94. The van der Waals surface area contributed by atoms with Crippen LogP contribution in [-0.2, 0) is 0 Å². The average molecular weight is 267 g/mol. The summed E-state index contributed by atoms with van der Waals surface area (Å²) in [6.07, 6.45) is 2.39. The lowest BCUT2D eigenvalue weighted by Gasteiger charge is -2.35. The predicted molar refractivity (Wildman–Crippen MR) is 79.5 cm³/mol. The Bertz CT molecular complexity index is 395. The molecular weight excluding hydrogens is 244 g/mol. The molecule has 1 aliphatic rings. The van der Waals surface area contributed by atoms with Crippen LogP contribution < -0.4 is 5.32 Å². The quantitative estimate of drug-likeness (QED) is 0.892. The van der Waals surface area contributed by atoms with Crippen molar-refractivity contribution in [1.82, 2.24) is 4.90 Å². The third-order valence-corrected chi connectivity index (χ3v) is 4.07. The molecule has 0 spiro atoms. The van der Waals surface area contributed by atoms with E-state index < -0.39 is 0 Å². The minimum Gasteiger partial charge on any atom is -0.381 e. The zero-order valence-corrected chi connectivity index (χ0v) is 12.3. The molecule has 100 valence electrons. The maximum absolute atomic E-state index is 6.22. The molecule has 2 rings (SSSR count). The highest BCUT2D eigenvalue weighted by Crippen LogP contribution is 2.25. The molecule has 1 saturated heterocycles. The summed E-state index contributed by atoms with van der Waals surface area (Å²) in [5, 5.41) is 4.42. The van der Waals surface area contributed by atoms with Gasteiger partial charge in [0.1, 0.15) is 0 Å². The smallest absolute Gasteiger partial charge is 0.0637 e. The van der Waals surface area contributed by atoms with Crippen molar-refractivity contribution in [3.05, 3.63) is 28.8 Å². The number of nitrogens with one attached hydrogen (secondary N) is 1. The number of benzene rings is 1. The Morgan fingerprint density at radius 3 is 2.56 bits per heavy atom. The van der Waals surface area contributed by atoms with E-state index in [-0.39, 0.29) is 0 Å². The molecule has 0 saturated carbocycles. The van der Waals surface area contributed by atoms with Crippen LogP contribution >= 0.6 is 11.6 Å². The van der Waals surface area contributed by atoms with E-state index >= 15 is 0 Å². The van der Waals surface area contributed by atoms with E-state index in [2.05, 4.69) is 43.1 Å². The number of hydrogen-bond acceptors (Lipinski definition) is 2. The summed E-state index contributed by atoms with van der Waals surface area (Å²) in [4.78, 5) is 2.54. The lowest BCUT2D eigenvalue weighted by atomic mass is 10.0. The Morgan fingerprint density at radius 1 is 1.28 bits per heavy atom. The van der Waals surface area contributed by atoms with Crippen LogP contribution in [0, 0.1) is 6.92 Å². The maximum Gasteiger partial charge on any atom is 0.0637 e. The maximum atomic E-state index is 6.22. The predicted octanol–water partition coefficient (Wildman–Crippen LogP) is 3.93. The largest absolute Gasteiger partial charge is 0.381 e. The first-order valence-corrected chi connectivity index (χ1v) is 7.21. The molecule has 0 bridgehead atoms. The molecule has 0 radical (unpaired) electrons. The summed E-state index contributed by atoms with van der Waals surface area (Å²) in [6, 6.07) is 7.38. The molecule has 1 fully saturated rings. The van der Waals surface area contributed by atoms with E-state index in [1.165, 1.54) is 31.5 Å². The third kappa shape index (κ3) is 3.39. The highest BCUT2D eigenvalue weighted by atomic mass is 35.5. The summed E-state index contributed by atoms with van der Waals surface area (Å²) in [7, 11) is 0. The van der Waals surface area contributed by atoms with Crippen LogP contribution in [0.15, 0.2) is 18.2 Å². The van der Waals surface area contributed by atoms with Crippen molar-refractivity contribution in [3.8, 4) is 0 Å². The standard InChI is InChI=1S/C15H23ClN2/c1-11(2)18-8-6-13(7-9-18)17-15-10-12(3)4-5-14(15)16/h4-5,10-11,13,17H,6-9H2,1-3H3. The van der Waals surface area contributed by atoms with Gasteiger partial charge in [-0.3, -0.25) is 0 Å². The van der Waals surface area contributed by atoms with Crippen LogP contribution in [0.3, 0.4) is 0 Å². The number of nitrogens with zero attached hydrogens (tertiary/aromatic N) is 1. The lowest BCUT2D eigenvalue weighted by Crippen LogP contribution is -2.42. The molecule has 0 aliphatic carbocycles. The highest BCUT2D eigenvalue weighted by molar-refractivity contribution is 6.33. The number of anilines is 1. The van der Waals surface area contributed by atoms with Gasteiger partial charge in [-0.2, -0.15) is 0 Å². The molecule has 1 aromatic rings. The Balaban J connectivity index is 1.93. The average Bonchev–Trinajstić information content (AvgIpc) is 2.34. The molecular formula is C15H23ClN2. The van der Waals surface area contributed by atoms with Crippen LogP contribution in [0.2, 0.25) is 5.02 Å². The van der Waals surface area contributed by atoms with Crippen molar-refractivity contribution in [2.45, 2.75) is 45.7 Å². The molecule has 1 aliphatic heterocycles. The molecule has 0 aromatic heterocycles. The number of likely N-dealkylation sites (tertiary alicyclic amines) is 1. The number of halogens is 1. The summed E-state index contributed by atoms with van der Waals surface area (Å²) in [5.74, 6) is 0. The monoisotopic (exact) mass is 266 g/mol. The van der Waals surface area contributed by atoms with Crippen LogP contribution in [0.5, 0.6) is 0 Å². The van der Waals surface area contributed by atoms with E-state index in [0.717, 1.165) is 10.7 Å². The van der Waals surface area contributed by atoms with Gasteiger partial charge >= 0.3 is 0 Å². The molecule has 18 heavy (non-hydrogen) atoms. The first-order chi connectivity index (χ1) is 8.56. The van der Waals surface area contributed by atoms with E-state index in [1.54, 1.807) is 0 Å². The molecule has 3 heteroatoms. The van der Waals surface area contributed by atoms with Gasteiger partial charge in [0.25, 0.3) is 0 Å². The zero-order valence-electron chi connectivity index (χ0n) is 11.5. The summed E-state index contributed by atoms with van der Waals surface area (Å²) in [6.45, 7) is 9.00. The fourth-order valence-corrected chi connectivity index (χ4v) is 2.70. The molecule has 0 unspecified atom stereocenters. The van der Waals surface area contributed by atoms with Crippen molar-refractivity contribution >= 4 is 17.3 Å². The van der Waals surface area contributed by atoms with Crippen LogP contribution in [0.4, 0.5) is 5.69 Å². The van der Waals surface area contributed by atoms with Crippen LogP contribution in [-0.4, -0.2) is 30.1 Å². The SMILES string of the molecule is Cc1ccc(Cl)c(NC2CCN(C(C)C)CC2)c1. The first kappa shape index (κ1) is 13.7. The fraction of sp³-hybridized carbons (Fsp3) is 0.600. The van der Waals surface area contributed by atoms with Gasteiger partial charge in [-0.15, -0.1) is 0 Å². The second-order valence-corrected chi connectivity index (χ2v) is 5.94. The van der Waals surface area contributed by atoms with Crippen molar-refractivity contribution in [2.24, 2.45) is 0 Å². The summed E-state index contributed by atoms with van der Waals surface area (Å²) >= 11 is 6.22. The van der Waals surface area contributed by atoms with E-state index in [9.17, 15) is 0 Å². The molecule has 1 N–H and O–H groups in total. The van der Waals surface area contributed by atoms with Gasteiger partial charge < -0.3 is 10.2 Å². The Kier molecular flexibility index (Phi) is 4.52. The van der Waals surface area contributed by atoms with Gasteiger partial charge in [0.05, 0.1) is 10.7 Å². The van der Waals surface area contributed by atoms with Crippen molar-refractivity contribution in [1.29, 1.82) is 0 Å². The fourth-order valence-electron chi connectivity index (χ4n) is 2.53. The summed E-state index contributed by atoms with van der Waals surface area (Å²) < 4.78 is 0. The van der Waals surface area contributed by atoms with E-state index in [4.69, 9.17) is 11.6 Å². The van der Waals surface area contributed by atoms with Gasteiger partial charge in [-0.05, 0) is 51.3 Å². The highest BCUT2D eigenvalue weighted by Gasteiger charge is 2.20. The first-order valence-electron chi connectivity index (χ1n) is 6.83. The van der Waals surface area contributed by atoms with Crippen LogP contribution in [0.25, 0.3) is 0 Å². The van der Waals surface area contributed by atoms with Crippen molar-refractivity contribution < 1.29 is 0 Å². The van der Waals surface area contributed by atoms with Crippen molar-refractivity contribution in [2.75, 3.05) is 18.4 Å². The van der Waals surface area contributed by atoms with Crippen molar-refractivity contribution in [3.63, 3.8) is 0 Å². The topological polar surface area (TPSA) is 15.3 Å². The van der Waals surface area contributed by atoms with Gasteiger partial charge in [0.2, 0.25) is 0 Å². The number of aryl methyl sites for hydroxylation is 1. The molecule has 1 aromatic carbocycles. The molecule has 0 atom stereocenters. The minimum atomic E-state index is 0.555. The molecule has 2 nitrogen and oxygen atoms in total. The van der Waals surface area contributed by atoms with Gasteiger partial charge in [-0.1, -0.05) is 17.7 Å². The van der Waals surface area contributed by atoms with Gasteiger partial charge in [-0.25, -0.2) is 0 Å². The zero-order chi connectivity index (χ0) is 13.1. The van der Waals surface area contributed by atoms with Gasteiger partial charge in [0, 0.05) is 25.2 Å². The lowest BCUT2D eigenvalue weighted by molar-refractivity contribution is 0.177. The van der Waals surface area contributed by atoms with Gasteiger partial charge in [0.15, 0.2) is 0 Å². The minimum absolute atomic E-state index is 0.555. The van der Waals surface area contributed by atoms with Crippen LogP contribution in [0.1, 0.15) is 32.3 Å². The normalized spacial score (nSPS) is 18.3. The number of piperidine rings is 1. The van der Waals surface area contributed by atoms with E-state index in [0.29, 0.717) is 12.1 Å². The Hall–Kier alpha value is -0.730. The molecule has 1 heterocycles. The Morgan fingerprint density at radius 2 is 1.94 bits per heavy atom. The second-order valence-electron chi connectivity index (χ2n) is 5.53. The number of rotatable bonds is 3.